The van der Waals surface area contributed by atoms with Crippen molar-refractivity contribution in [3.05, 3.63) is 34.3 Å². The van der Waals surface area contributed by atoms with E-state index in [0.29, 0.717) is 5.75 Å². The maximum atomic E-state index is 12.0. The maximum Gasteiger partial charge on any atom is 0.305 e. The lowest BCUT2D eigenvalue weighted by molar-refractivity contribution is -0.137. The van der Waals surface area contributed by atoms with Gasteiger partial charge in [0.1, 0.15) is 0 Å². The molecule has 0 aliphatic heterocycles. The van der Waals surface area contributed by atoms with Crippen molar-refractivity contribution in [2.24, 2.45) is 5.92 Å². The highest BCUT2D eigenvalue weighted by Gasteiger charge is 2.21. The summed E-state index contributed by atoms with van der Waals surface area (Å²) < 4.78 is 0.914. The quantitative estimate of drug-likeness (QED) is 0.784. The minimum atomic E-state index is -0.935. The zero-order valence-corrected chi connectivity index (χ0v) is 13.8. The largest absolute Gasteiger partial charge is 0.481 e. The summed E-state index contributed by atoms with van der Waals surface area (Å²) in [7, 11) is 0. The summed E-state index contributed by atoms with van der Waals surface area (Å²) in [5, 5.41) is 11.8. The van der Waals surface area contributed by atoms with Crippen LogP contribution in [0, 0.1) is 5.92 Å². The second-order valence-electron chi connectivity index (χ2n) is 4.57. The second kappa shape index (κ2) is 8.32. The summed E-state index contributed by atoms with van der Waals surface area (Å²) in [5.41, 5.74) is 0.792. The molecule has 1 amide bonds. The molecule has 0 aliphatic carbocycles. The summed E-state index contributed by atoms with van der Waals surface area (Å²) in [4.78, 5) is 23.0. The maximum absolute atomic E-state index is 12.0. The Morgan fingerprint density at radius 3 is 2.45 bits per heavy atom. The van der Waals surface area contributed by atoms with Gasteiger partial charge in [0.25, 0.3) is 0 Å². The van der Waals surface area contributed by atoms with Gasteiger partial charge in [-0.05, 0) is 24.0 Å². The highest BCUT2D eigenvalue weighted by atomic mass is 79.9. The number of amides is 1. The lowest BCUT2D eigenvalue weighted by Gasteiger charge is -2.20. The number of carboxylic acid groups (broad SMARTS) is 1. The van der Waals surface area contributed by atoms with Gasteiger partial charge >= 0.3 is 5.97 Å². The number of thioether (sulfide) groups is 1. The third kappa shape index (κ3) is 5.54. The van der Waals surface area contributed by atoms with Crippen molar-refractivity contribution in [1.82, 2.24) is 5.32 Å². The van der Waals surface area contributed by atoms with Crippen molar-refractivity contribution in [1.29, 1.82) is 0 Å². The monoisotopic (exact) mass is 359 g/mol. The van der Waals surface area contributed by atoms with Gasteiger partial charge in [-0.3, -0.25) is 9.59 Å². The Labute approximate surface area is 131 Å². The number of hydrogen-bond donors (Lipinski definition) is 2. The molecule has 0 unspecified atom stereocenters. The first-order valence-electron chi connectivity index (χ1n) is 6.20. The van der Waals surface area contributed by atoms with Crippen molar-refractivity contribution in [3.63, 3.8) is 0 Å². The standard InChI is InChI=1S/C14H18BrNO3S/c1-9(8-20-2)14(19)16-12(7-13(17)18)10-3-5-11(15)6-4-10/h3-6,9,12H,7-8H2,1-2H3,(H,16,19)(H,17,18)/t9-,12+/m0/s1. The topological polar surface area (TPSA) is 66.4 Å². The first-order chi connectivity index (χ1) is 9.43. The summed E-state index contributed by atoms with van der Waals surface area (Å²) in [5.74, 6) is -0.479. The van der Waals surface area contributed by atoms with Gasteiger partial charge in [0.15, 0.2) is 0 Å². The predicted octanol–water partition coefficient (Wildman–Crippen LogP) is 3.08. The molecule has 0 bridgehead atoms. The Hall–Kier alpha value is -1.01. The van der Waals surface area contributed by atoms with Crippen molar-refractivity contribution < 1.29 is 14.7 Å². The number of benzene rings is 1. The molecule has 0 saturated heterocycles. The molecule has 1 aromatic rings. The fraction of sp³-hybridized carbons (Fsp3) is 0.429. The van der Waals surface area contributed by atoms with Crippen LogP contribution in [0.15, 0.2) is 28.7 Å². The van der Waals surface area contributed by atoms with Gasteiger partial charge in [-0.1, -0.05) is 35.0 Å². The summed E-state index contributed by atoms with van der Waals surface area (Å²) in [6.07, 6.45) is 1.81. The van der Waals surface area contributed by atoms with Gasteiger partial charge in [0.05, 0.1) is 12.5 Å². The van der Waals surface area contributed by atoms with E-state index in [4.69, 9.17) is 5.11 Å². The van der Waals surface area contributed by atoms with E-state index >= 15 is 0 Å². The molecule has 0 spiro atoms. The highest BCUT2D eigenvalue weighted by molar-refractivity contribution is 9.10. The van der Waals surface area contributed by atoms with Gasteiger partial charge in [0.2, 0.25) is 5.91 Å². The lowest BCUT2D eigenvalue weighted by atomic mass is 10.0. The number of carboxylic acids is 1. The number of carbonyl (C=O) groups is 2. The first kappa shape index (κ1) is 17.0. The van der Waals surface area contributed by atoms with Crippen LogP contribution in [0.2, 0.25) is 0 Å². The Kier molecular flexibility index (Phi) is 7.09. The number of aliphatic carboxylic acids is 1. The van der Waals surface area contributed by atoms with Crippen LogP contribution in [-0.4, -0.2) is 29.0 Å². The van der Waals surface area contributed by atoms with Crippen molar-refractivity contribution >= 4 is 39.6 Å². The fourth-order valence-electron chi connectivity index (χ4n) is 1.76. The van der Waals surface area contributed by atoms with E-state index in [9.17, 15) is 9.59 Å². The van der Waals surface area contributed by atoms with Gasteiger partial charge < -0.3 is 10.4 Å². The Balaban J connectivity index is 2.81. The molecule has 20 heavy (non-hydrogen) atoms. The minimum absolute atomic E-state index is 0.117. The van der Waals surface area contributed by atoms with E-state index in [0.717, 1.165) is 10.0 Å². The van der Waals surface area contributed by atoms with Gasteiger partial charge in [-0.25, -0.2) is 0 Å². The lowest BCUT2D eigenvalue weighted by Crippen LogP contribution is -2.34. The third-order valence-corrected chi connectivity index (χ3v) is 4.19. The highest BCUT2D eigenvalue weighted by Crippen LogP contribution is 2.20. The number of rotatable bonds is 7. The molecule has 0 aromatic heterocycles. The number of halogens is 1. The SMILES string of the molecule is CSC[C@H](C)C(=O)N[C@H](CC(=O)O)c1ccc(Br)cc1. The first-order valence-corrected chi connectivity index (χ1v) is 8.39. The van der Waals surface area contributed by atoms with E-state index in [1.165, 1.54) is 0 Å². The minimum Gasteiger partial charge on any atom is -0.481 e. The number of nitrogens with one attached hydrogen (secondary N) is 1. The Bertz CT molecular complexity index is 464. The molecular weight excluding hydrogens is 342 g/mol. The number of carbonyl (C=O) groups excluding carboxylic acids is 1. The van der Waals surface area contributed by atoms with Crippen LogP contribution in [0.3, 0.4) is 0 Å². The van der Waals surface area contributed by atoms with E-state index in [-0.39, 0.29) is 18.2 Å². The predicted molar refractivity (Wildman–Crippen MR) is 84.8 cm³/mol. The van der Waals surface area contributed by atoms with Crippen LogP contribution in [-0.2, 0) is 9.59 Å². The normalized spacial score (nSPS) is 13.6. The molecule has 0 radical (unpaired) electrons. The van der Waals surface area contributed by atoms with E-state index in [2.05, 4.69) is 21.2 Å². The summed E-state index contributed by atoms with van der Waals surface area (Å²) in [6, 6.07) is 6.80. The molecule has 110 valence electrons. The molecule has 0 aliphatic rings. The molecule has 0 fully saturated rings. The summed E-state index contributed by atoms with van der Waals surface area (Å²) >= 11 is 4.93. The molecule has 4 nitrogen and oxygen atoms in total. The van der Waals surface area contributed by atoms with E-state index in [1.807, 2.05) is 37.4 Å². The van der Waals surface area contributed by atoms with Crippen molar-refractivity contribution in [3.8, 4) is 0 Å². The average molecular weight is 360 g/mol. The molecular formula is C14H18BrNO3S. The van der Waals surface area contributed by atoms with Crippen LogP contribution in [0.4, 0.5) is 0 Å². The molecule has 0 heterocycles. The number of hydrogen-bond acceptors (Lipinski definition) is 3. The van der Waals surface area contributed by atoms with E-state index < -0.39 is 12.0 Å². The smallest absolute Gasteiger partial charge is 0.305 e. The zero-order chi connectivity index (χ0) is 15.1. The van der Waals surface area contributed by atoms with Gasteiger partial charge in [-0.15, -0.1) is 0 Å². The van der Waals surface area contributed by atoms with Crippen LogP contribution >= 0.6 is 27.7 Å². The Morgan fingerprint density at radius 2 is 1.95 bits per heavy atom. The van der Waals surface area contributed by atoms with Gasteiger partial charge in [0, 0.05) is 16.1 Å². The summed E-state index contributed by atoms with van der Waals surface area (Å²) in [6.45, 7) is 1.84. The molecule has 2 atom stereocenters. The van der Waals surface area contributed by atoms with Crippen LogP contribution in [0.5, 0.6) is 0 Å². The van der Waals surface area contributed by atoms with Crippen LogP contribution in [0.1, 0.15) is 24.9 Å². The molecule has 1 aromatic carbocycles. The fourth-order valence-corrected chi connectivity index (χ4v) is 2.68. The Morgan fingerprint density at radius 1 is 1.35 bits per heavy atom. The zero-order valence-electron chi connectivity index (χ0n) is 11.4. The van der Waals surface area contributed by atoms with Gasteiger partial charge in [-0.2, -0.15) is 11.8 Å². The molecule has 1 rings (SSSR count). The third-order valence-electron chi connectivity index (χ3n) is 2.83. The van der Waals surface area contributed by atoms with Crippen molar-refractivity contribution in [2.45, 2.75) is 19.4 Å². The average Bonchev–Trinajstić information content (AvgIpc) is 2.38. The second-order valence-corrected chi connectivity index (χ2v) is 6.39. The van der Waals surface area contributed by atoms with Crippen LogP contribution in [0.25, 0.3) is 0 Å². The molecule has 6 heteroatoms. The van der Waals surface area contributed by atoms with Crippen molar-refractivity contribution in [2.75, 3.05) is 12.0 Å². The molecule has 2 N–H and O–H groups in total. The van der Waals surface area contributed by atoms with E-state index in [1.54, 1.807) is 11.8 Å². The molecule has 0 saturated carbocycles. The van der Waals surface area contributed by atoms with Crippen LogP contribution < -0.4 is 5.32 Å².